The lowest BCUT2D eigenvalue weighted by Gasteiger charge is -2.14. The van der Waals surface area contributed by atoms with Crippen LogP contribution >= 0.6 is 23.2 Å². The topological polar surface area (TPSA) is 80.6 Å². The summed E-state index contributed by atoms with van der Waals surface area (Å²) in [5.74, 6) is 0.278. The van der Waals surface area contributed by atoms with E-state index in [1.165, 1.54) is 25.3 Å². The Balaban J connectivity index is 1.41. The van der Waals surface area contributed by atoms with Gasteiger partial charge in [-0.3, -0.25) is 4.79 Å². The first-order valence-corrected chi connectivity index (χ1v) is 12.8. The Hall–Kier alpha value is -4.51. The van der Waals surface area contributed by atoms with E-state index in [2.05, 4.69) is 5.32 Å². The van der Waals surface area contributed by atoms with Gasteiger partial charge in [0, 0.05) is 10.7 Å². The van der Waals surface area contributed by atoms with E-state index in [1.54, 1.807) is 60.7 Å². The van der Waals surface area contributed by atoms with Gasteiger partial charge >= 0.3 is 0 Å². The number of anilines is 1. The van der Waals surface area contributed by atoms with E-state index in [0.717, 1.165) is 11.1 Å². The van der Waals surface area contributed by atoms with E-state index in [-0.39, 0.29) is 28.8 Å². The third kappa shape index (κ3) is 7.76. The number of nitrogens with zero attached hydrogens (tertiary/aromatic N) is 1. The van der Waals surface area contributed by atoms with Crippen molar-refractivity contribution < 1.29 is 23.4 Å². The number of benzene rings is 4. The fourth-order valence-electron chi connectivity index (χ4n) is 3.59. The standard InChI is InChI=1S/C31H23Cl2FN2O4/c1-38-29-16-22(15-28(33)30(29)40-19-21-4-8-25(34)9-5-21)14-23(17-35)31(37)36-26-10-12-27(13-11-26)39-18-20-2-6-24(32)7-3-20/h2-16H,18-19H2,1H3,(H,36,37)/b23-14+. The summed E-state index contributed by atoms with van der Waals surface area (Å²) >= 11 is 12.3. The van der Waals surface area contributed by atoms with Crippen molar-refractivity contribution in [1.82, 2.24) is 0 Å². The lowest BCUT2D eigenvalue weighted by molar-refractivity contribution is -0.112. The molecule has 0 radical (unpaired) electrons. The highest BCUT2D eigenvalue weighted by Gasteiger charge is 2.15. The molecule has 0 heterocycles. The second-order valence-corrected chi connectivity index (χ2v) is 9.36. The quantitative estimate of drug-likeness (QED) is 0.153. The van der Waals surface area contributed by atoms with Gasteiger partial charge in [-0.2, -0.15) is 5.26 Å². The molecule has 0 aliphatic carbocycles. The maximum atomic E-state index is 13.2. The van der Waals surface area contributed by atoms with Gasteiger partial charge in [-0.1, -0.05) is 47.5 Å². The molecule has 1 amide bonds. The fourth-order valence-corrected chi connectivity index (χ4v) is 3.99. The first-order valence-electron chi connectivity index (χ1n) is 12.0. The Morgan fingerprint density at radius 3 is 2.17 bits per heavy atom. The van der Waals surface area contributed by atoms with Crippen molar-refractivity contribution >= 4 is 40.9 Å². The zero-order valence-corrected chi connectivity index (χ0v) is 22.8. The van der Waals surface area contributed by atoms with Crippen LogP contribution in [0.4, 0.5) is 10.1 Å². The van der Waals surface area contributed by atoms with Gasteiger partial charge in [0.1, 0.15) is 36.4 Å². The highest BCUT2D eigenvalue weighted by atomic mass is 35.5. The van der Waals surface area contributed by atoms with Gasteiger partial charge in [-0.05, 0) is 83.4 Å². The van der Waals surface area contributed by atoms with E-state index in [9.17, 15) is 14.4 Å². The molecule has 0 aliphatic heterocycles. The van der Waals surface area contributed by atoms with Crippen LogP contribution in [0.2, 0.25) is 10.0 Å². The molecule has 4 aromatic rings. The molecule has 0 saturated carbocycles. The number of carbonyl (C=O) groups excluding carboxylic acids is 1. The second-order valence-electron chi connectivity index (χ2n) is 8.51. The van der Waals surface area contributed by atoms with Crippen molar-refractivity contribution in [2.75, 3.05) is 12.4 Å². The first kappa shape index (κ1) is 28.5. The second kappa shape index (κ2) is 13.5. The Labute approximate surface area is 241 Å². The van der Waals surface area contributed by atoms with E-state index in [0.29, 0.717) is 34.4 Å². The van der Waals surface area contributed by atoms with Crippen LogP contribution in [0.5, 0.6) is 17.2 Å². The Morgan fingerprint density at radius 2 is 1.55 bits per heavy atom. The molecular formula is C31H23Cl2FN2O4. The van der Waals surface area contributed by atoms with Crippen molar-refractivity contribution in [2.24, 2.45) is 0 Å². The van der Waals surface area contributed by atoms with Gasteiger partial charge in [0.2, 0.25) is 0 Å². The monoisotopic (exact) mass is 576 g/mol. The molecule has 9 heteroatoms. The van der Waals surface area contributed by atoms with Gasteiger partial charge in [0.25, 0.3) is 5.91 Å². The number of amides is 1. The number of halogens is 3. The lowest BCUT2D eigenvalue weighted by atomic mass is 10.1. The van der Waals surface area contributed by atoms with Gasteiger partial charge in [0.05, 0.1) is 12.1 Å². The van der Waals surface area contributed by atoms with Crippen LogP contribution in [-0.4, -0.2) is 13.0 Å². The molecule has 202 valence electrons. The summed E-state index contributed by atoms with van der Waals surface area (Å²) in [6, 6.07) is 25.1. The van der Waals surface area contributed by atoms with E-state index >= 15 is 0 Å². The zero-order valence-electron chi connectivity index (χ0n) is 21.3. The molecule has 6 nitrogen and oxygen atoms in total. The summed E-state index contributed by atoms with van der Waals surface area (Å²) in [7, 11) is 1.45. The maximum Gasteiger partial charge on any atom is 0.266 e. The summed E-state index contributed by atoms with van der Waals surface area (Å²) in [6.45, 7) is 0.509. The zero-order chi connectivity index (χ0) is 28.5. The molecule has 0 saturated heterocycles. The van der Waals surface area contributed by atoms with Crippen molar-refractivity contribution in [2.45, 2.75) is 13.2 Å². The smallest absolute Gasteiger partial charge is 0.266 e. The molecule has 0 unspecified atom stereocenters. The third-order valence-corrected chi connectivity index (χ3v) is 6.19. The largest absolute Gasteiger partial charge is 0.493 e. The summed E-state index contributed by atoms with van der Waals surface area (Å²) in [5.41, 5.74) is 2.53. The summed E-state index contributed by atoms with van der Waals surface area (Å²) < 4.78 is 30.1. The first-order chi connectivity index (χ1) is 19.3. The van der Waals surface area contributed by atoms with E-state index in [1.807, 2.05) is 18.2 Å². The number of nitrogens with one attached hydrogen (secondary N) is 1. The average Bonchev–Trinajstić information content (AvgIpc) is 2.96. The van der Waals surface area contributed by atoms with Crippen molar-refractivity contribution in [3.8, 4) is 23.3 Å². The van der Waals surface area contributed by atoms with Crippen molar-refractivity contribution in [3.63, 3.8) is 0 Å². The van der Waals surface area contributed by atoms with Crippen LogP contribution < -0.4 is 19.5 Å². The fraction of sp³-hybridized carbons (Fsp3) is 0.0968. The van der Waals surface area contributed by atoms with Crippen LogP contribution in [0, 0.1) is 17.1 Å². The minimum Gasteiger partial charge on any atom is -0.493 e. The molecule has 0 spiro atoms. The molecule has 4 aromatic carbocycles. The van der Waals surface area contributed by atoms with Crippen LogP contribution in [0.3, 0.4) is 0 Å². The SMILES string of the molecule is COc1cc(/C=C(\C#N)C(=O)Nc2ccc(OCc3ccc(Cl)cc3)cc2)cc(Cl)c1OCc1ccc(F)cc1. The van der Waals surface area contributed by atoms with Gasteiger partial charge < -0.3 is 19.5 Å². The molecule has 0 bridgehead atoms. The summed E-state index contributed by atoms with van der Waals surface area (Å²) in [4.78, 5) is 12.8. The predicted molar refractivity (Wildman–Crippen MR) is 153 cm³/mol. The molecule has 1 N–H and O–H groups in total. The number of carbonyl (C=O) groups is 1. The average molecular weight is 577 g/mol. The number of ether oxygens (including phenoxy) is 3. The number of nitriles is 1. The number of methoxy groups -OCH3 is 1. The van der Waals surface area contributed by atoms with E-state index in [4.69, 9.17) is 37.4 Å². The Kier molecular flexibility index (Phi) is 9.63. The molecule has 0 atom stereocenters. The number of rotatable bonds is 10. The normalized spacial score (nSPS) is 10.9. The number of hydrogen-bond donors (Lipinski definition) is 1. The molecular weight excluding hydrogens is 554 g/mol. The van der Waals surface area contributed by atoms with Crippen molar-refractivity contribution in [3.05, 3.63) is 123 Å². The highest BCUT2D eigenvalue weighted by molar-refractivity contribution is 6.32. The van der Waals surface area contributed by atoms with E-state index < -0.39 is 5.91 Å². The highest BCUT2D eigenvalue weighted by Crippen LogP contribution is 2.37. The summed E-state index contributed by atoms with van der Waals surface area (Å²) in [5, 5.41) is 13.2. The van der Waals surface area contributed by atoms with Crippen LogP contribution in [0.1, 0.15) is 16.7 Å². The van der Waals surface area contributed by atoms with Gasteiger partial charge in [-0.25, -0.2) is 4.39 Å². The van der Waals surface area contributed by atoms with Crippen molar-refractivity contribution in [1.29, 1.82) is 5.26 Å². The van der Waals surface area contributed by atoms with Crippen LogP contribution in [-0.2, 0) is 18.0 Å². The number of hydrogen-bond acceptors (Lipinski definition) is 5. The Morgan fingerprint density at radius 1 is 0.925 bits per heavy atom. The van der Waals surface area contributed by atoms with Gasteiger partial charge in [0.15, 0.2) is 11.5 Å². The molecule has 0 aromatic heterocycles. The van der Waals surface area contributed by atoms with Gasteiger partial charge in [-0.15, -0.1) is 0 Å². The molecule has 40 heavy (non-hydrogen) atoms. The lowest BCUT2D eigenvalue weighted by Crippen LogP contribution is -2.13. The summed E-state index contributed by atoms with van der Waals surface area (Å²) in [6.07, 6.45) is 1.40. The van der Waals surface area contributed by atoms with Crippen LogP contribution in [0.25, 0.3) is 6.08 Å². The maximum absolute atomic E-state index is 13.2. The molecule has 4 rings (SSSR count). The molecule has 0 aliphatic rings. The van der Waals surface area contributed by atoms with Crippen LogP contribution in [0.15, 0.2) is 90.5 Å². The minimum absolute atomic E-state index is 0.138. The predicted octanol–water partition coefficient (Wildman–Crippen LogP) is 7.84. The third-order valence-electron chi connectivity index (χ3n) is 5.66. The Bertz CT molecular complexity index is 1550. The minimum atomic E-state index is -0.593. The molecule has 0 fully saturated rings.